The van der Waals surface area contributed by atoms with Crippen LogP contribution in [0.5, 0.6) is 0 Å². The predicted molar refractivity (Wildman–Crippen MR) is 133 cm³/mol. The fraction of sp³-hybridized carbons (Fsp3) is 0.321. The first-order valence-electron chi connectivity index (χ1n) is 12.3. The van der Waals surface area contributed by atoms with Gasteiger partial charge < -0.3 is 9.30 Å². The van der Waals surface area contributed by atoms with Crippen LogP contribution in [0.25, 0.3) is 22.2 Å². The summed E-state index contributed by atoms with van der Waals surface area (Å²) in [6, 6.07) is 15.9. The minimum Gasteiger partial charge on any atom is -0.441 e. The quantitative estimate of drug-likeness (QED) is 0.403. The topological polar surface area (TPSA) is 96.9 Å². The Morgan fingerprint density at radius 1 is 1.14 bits per heavy atom. The monoisotopic (exact) mass is 478 g/mol. The lowest BCUT2D eigenvalue weighted by Gasteiger charge is -2.36. The van der Waals surface area contributed by atoms with Gasteiger partial charge in [0.15, 0.2) is 0 Å². The minimum atomic E-state index is -0.445. The summed E-state index contributed by atoms with van der Waals surface area (Å²) in [7, 11) is 0. The van der Waals surface area contributed by atoms with Crippen molar-refractivity contribution >= 4 is 17.1 Å². The number of nitrogens with zero attached hydrogens (tertiary/aromatic N) is 6. The van der Waals surface area contributed by atoms with E-state index in [1.165, 1.54) is 6.33 Å². The van der Waals surface area contributed by atoms with Gasteiger partial charge in [-0.25, -0.2) is 19.7 Å². The van der Waals surface area contributed by atoms with Crippen molar-refractivity contribution in [1.29, 1.82) is 5.26 Å². The Balaban J connectivity index is 1.16. The van der Waals surface area contributed by atoms with Crippen molar-refractivity contribution < 1.29 is 9.53 Å². The fourth-order valence-corrected chi connectivity index (χ4v) is 5.72. The van der Waals surface area contributed by atoms with E-state index in [1.54, 1.807) is 18.5 Å². The van der Waals surface area contributed by atoms with Crippen molar-refractivity contribution in [2.24, 2.45) is 5.92 Å². The summed E-state index contributed by atoms with van der Waals surface area (Å²) in [4.78, 5) is 27.5. The lowest BCUT2D eigenvalue weighted by molar-refractivity contribution is 0.00415. The van der Waals surface area contributed by atoms with Gasteiger partial charge in [0.2, 0.25) is 0 Å². The van der Waals surface area contributed by atoms with Gasteiger partial charge in [-0.05, 0) is 67.0 Å². The van der Waals surface area contributed by atoms with Gasteiger partial charge in [0.1, 0.15) is 11.9 Å². The number of rotatable bonds is 5. The molecule has 8 nitrogen and oxygen atoms in total. The normalized spacial score (nSPS) is 21.6. The van der Waals surface area contributed by atoms with E-state index in [9.17, 15) is 10.1 Å². The van der Waals surface area contributed by atoms with Crippen LogP contribution >= 0.6 is 0 Å². The Kier molecular flexibility index (Phi) is 5.61. The molecule has 36 heavy (non-hydrogen) atoms. The van der Waals surface area contributed by atoms with E-state index in [4.69, 9.17) is 4.74 Å². The van der Waals surface area contributed by atoms with Gasteiger partial charge in [0.05, 0.1) is 35.5 Å². The van der Waals surface area contributed by atoms with Crippen molar-refractivity contribution in [3.05, 3.63) is 78.6 Å². The SMILES string of the molecule is N#Cc1ccc2ncn(CC3CCC[C@]4(C3)CN(Cc3cccc(-c5cncnc5)c3)C(=O)O4)c2c1. The molecule has 2 fully saturated rings. The van der Waals surface area contributed by atoms with E-state index in [2.05, 4.69) is 31.7 Å². The van der Waals surface area contributed by atoms with Crippen molar-refractivity contribution in [1.82, 2.24) is 24.4 Å². The van der Waals surface area contributed by atoms with Crippen molar-refractivity contribution in [3.63, 3.8) is 0 Å². The predicted octanol–water partition coefficient (Wildman–Crippen LogP) is 4.95. The van der Waals surface area contributed by atoms with Gasteiger partial charge in [-0.15, -0.1) is 0 Å². The molecule has 2 aliphatic rings. The molecule has 0 N–H and O–H groups in total. The Bertz CT molecular complexity index is 1460. The van der Waals surface area contributed by atoms with Crippen LogP contribution in [0.1, 0.15) is 36.8 Å². The zero-order valence-electron chi connectivity index (χ0n) is 19.9. The number of hydrogen-bond acceptors (Lipinski definition) is 6. The molecule has 1 aliphatic carbocycles. The van der Waals surface area contributed by atoms with Gasteiger partial charge in [-0.1, -0.05) is 18.2 Å². The molecule has 6 rings (SSSR count). The molecule has 8 heteroatoms. The molecule has 1 unspecified atom stereocenters. The smallest absolute Gasteiger partial charge is 0.410 e. The summed E-state index contributed by atoms with van der Waals surface area (Å²) in [5, 5.41) is 9.28. The summed E-state index contributed by atoms with van der Waals surface area (Å²) in [5.74, 6) is 0.371. The van der Waals surface area contributed by atoms with E-state index >= 15 is 0 Å². The molecule has 0 radical (unpaired) electrons. The number of nitriles is 1. The van der Waals surface area contributed by atoms with Crippen molar-refractivity contribution in [3.8, 4) is 17.2 Å². The van der Waals surface area contributed by atoms with Crippen LogP contribution in [-0.2, 0) is 17.8 Å². The zero-order valence-corrected chi connectivity index (χ0v) is 19.9. The van der Waals surface area contributed by atoms with Crippen LogP contribution in [-0.4, -0.2) is 42.7 Å². The first kappa shape index (κ1) is 22.2. The number of benzene rings is 2. The first-order chi connectivity index (χ1) is 17.6. The molecule has 4 aromatic rings. The molecule has 2 aromatic heterocycles. The summed E-state index contributed by atoms with van der Waals surface area (Å²) in [5.41, 5.74) is 5.08. The van der Waals surface area contributed by atoms with E-state index in [1.807, 2.05) is 41.6 Å². The molecule has 2 atom stereocenters. The maximum atomic E-state index is 12.9. The zero-order chi connectivity index (χ0) is 24.5. The molecule has 1 spiro atoms. The highest BCUT2D eigenvalue weighted by atomic mass is 16.6. The van der Waals surface area contributed by atoms with Crippen LogP contribution in [0.3, 0.4) is 0 Å². The Labute approximate surface area is 209 Å². The van der Waals surface area contributed by atoms with E-state index in [0.29, 0.717) is 24.6 Å². The largest absolute Gasteiger partial charge is 0.441 e. The summed E-state index contributed by atoms with van der Waals surface area (Å²) < 4.78 is 8.19. The second kappa shape index (κ2) is 9.08. The van der Waals surface area contributed by atoms with Gasteiger partial charge in [0.25, 0.3) is 0 Å². The lowest BCUT2D eigenvalue weighted by atomic mass is 9.78. The maximum Gasteiger partial charge on any atom is 0.410 e. The summed E-state index contributed by atoms with van der Waals surface area (Å²) in [6.07, 6.45) is 10.5. The molecule has 1 saturated carbocycles. The van der Waals surface area contributed by atoms with Crippen molar-refractivity contribution in [2.75, 3.05) is 6.54 Å². The standard InChI is InChI=1S/C28H26N6O2/c29-12-20-6-7-25-26(10-20)34(19-32-25)16-22-4-2-8-28(11-22)17-33(27(35)36-28)15-21-3-1-5-23(9-21)24-13-30-18-31-14-24/h1,3,5-7,9-10,13-14,18-19,22H,2,4,8,11,15-17H2/t22?,28-/m0/s1. The molecule has 1 amide bonds. The number of amides is 1. The molecule has 3 heterocycles. The molecule has 1 aliphatic heterocycles. The second-order valence-corrected chi connectivity index (χ2v) is 9.91. The number of hydrogen-bond donors (Lipinski definition) is 0. The lowest BCUT2D eigenvalue weighted by Crippen LogP contribution is -2.40. The average Bonchev–Trinajstić information content (AvgIpc) is 3.44. The molecule has 0 bridgehead atoms. The third-order valence-corrected chi connectivity index (χ3v) is 7.35. The minimum absolute atomic E-state index is 0.240. The number of carbonyl (C=O) groups is 1. The highest BCUT2D eigenvalue weighted by molar-refractivity contribution is 5.77. The Hall–Kier alpha value is -4.25. The van der Waals surface area contributed by atoms with Crippen LogP contribution in [0, 0.1) is 17.2 Å². The Morgan fingerprint density at radius 3 is 2.89 bits per heavy atom. The van der Waals surface area contributed by atoms with Gasteiger partial charge in [0, 0.05) is 31.0 Å². The number of ether oxygens (including phenoxy) is 1. The Morgan fingerprint density at radius 2 is 2.03 bits per heavy atom. The number of fused-ring (bicyclic) bond motifs is 1. The highest BCUT2D eigenvalue weighted by Crippen LogP contribution is 2.41. The third kappa shape index (κ3) is 4.29. The number of aromatic nitrogens is 4. The van der Waals surface area contributed by atoms with Crippen LogP contribution in [0.4, 0.5) is 4.79 Å². The van der Waals surface area contributed by atoms with Crippen molar-refractivity contribution in [2.45, 2.75) is 44.4 Å². The fourth-order valence-electron chi connectivity index (χ4n) is 5.72. The second-order valence-electron chi connectivity index (χ2n) is 9.91. The van der Waals surface area contributed by atoms with E-state index in [-0.39, 0.29) is 6.09 Å². The van der Waals surface area contributed by atoms with E-state index < -0.39 is 5.60 Å². The summed E-state index contributed by atoms with van der Waals surface area (Å²) >= 11 is 0. The highest BCUT2D eigenvalue weighted by Gasteiger charge is 2.47. The van der Waals surface area contributed by atoms with Crippen LogP contribution in [0.15, 0.2) is 67.5 Å². The van der Waals surface area contributed by atoms with Gasteiger partial charge in [-0.2, -0.15) is 5.26 Å². The third-order valence-electron chi connectivity index (χ3n) is 7.35. The molecule has 2 aromatic carbocycles. The molecular formula is C28H26N6O2. The average molecular weight is 479 g/mol. The van der Waals surface area contributed by atoms with Crippen LogP contribution < -0.4 is 0 Å². The number of carbonyl (C=O) groups excluding carboxylic acids is 1. The summed E-state index contributed by atoms with van der Waals surface area (Å²) in [6.45, 7) is 1.91. The molecule has 180 valence electrons. The molecule has 1 saturated heterocycles. The van der Waals surface area contributed by atoms with Gasteiger partial charge >= 0.3 is 6.09 Å². The van der Waals surface area contributed by atoms with E-state index in [0.717, 1.165) is 60.0 Å². The molecular weight excluding hydrogens is 452 g/mol. The van der Waals surface area contributed by atoms with Gasteiger partial charge in [-0.3, -0.25) is 4.90 Å². The van der Waals surface area contributed by atoms with Crippen LogP contribution in [0.2, 0.25) is 0 Å². The maximum absolute atomic E-state index is 12.9. The number of imidazole rings is 1. The first-order valence-corrected chi connectivity index (χ1v) is 12.3.